The van der Waals surface area contributed by atoms with Gasteiger partial charge in [0, 0.05) is 23.3 Å². The molecule has 6 rings (SSSR count). The van der Waals surface area contributed by atoms with Crippen molar-refractivity contribution in [2.75, 3.05) is 0 Å². The highest BCUT2D eigenvalue weighted by atomic mass is 35.5. The zero-order valence-electron chi connectivity index (χ0n) is 18.9. The van der Waals surface area contributed by atoms with E-state index in [2.05, 4.69) is 26.8 Å². The second-order valence-electron chi connectivity index (χ2n) is 11.7. The van der Waals surface area contributed by atoms with Crippen molar-refractivity contribution in [2.45, 2.75) is 66.2 Å². The van der Waals surface area contributed by atoms with Crippen LogP contribution in [0.15, 0.2) is 22.8 Å². The molecule has 1 N–H and O–H groups in total. The molecule has 8 atom stereocenters. The van der Waals surface area contributed by atoms with Crippen molar-refractivity contribution in [3.05, 3.63) is 22.8 Å². The fraction of sp³-hybridized carbons (Fsp3) is 0.731. The highest BCUT2D eigenvalue weighted by Crippen LogP contribution is 2.74. The van der Waals surface area contributed by atoms with Gasteiger partial charge in [0.2, 0.25) is 0 Å². The lowest BCUT2D eigenvalue weighted by Gasteiger charge is -2.69. The maximum Gasteiger partial charge on any atom is 0.309 e. The van der Waals surface area contributed by atoms with Gasteiger partial charge < -0.3 is 5.11 Å². The summed E-state index contributed by atoms with van der Waals surface area (Å²) in [5, 5.41) is 10.2. The molecule has 0 radical (unpaired) electrons. The van der Waals surface area contributed by atoms with E-state index in [-0.39, 0.29) is 57.0 Å². The Hall–Kier alpha value is -1.42. The average Bonchev–Trinajstić information content (AvgIpc) is 2.70. The number of aliphatic carboxylic acids is 1. The number of hydrogen-bond donors (Lipinski definition) is 1. The van der Waals surface area contributed by atoms with E-state index in [4.69, 9.17) is 11.6 Å². The lowest BCUT2D eigenvalue weighted by Crippen LogP contribution is -2.67. The SMILES string of the molecule is CC(C)C1=CC23CCC4C(C)(C(=O)O)CCCC4(C)C2CC1C1C(=O)C=C(Cl)C(=O)C13. The number of carbonyl (C=O) groups excluding carboxylic acids is 2. The van der Waals surface area contributed by atoms with Crippen molar-refractivity contribution in [1.82, 2.24) is 0 Å². The van der Waals surface area contributed by atoms with E-state index in [1.807, 2.05) is 6.92 Å². The van der Waals surface area contributed by atoms with E-state index < -0.39 is 11.4 Å². The van der Waals surface area contributed by atoms with E-state index in [0.717, 1.165) is 38.5 Å². The lowest BCUT2D eigenvalue weighted by molar-refractivity contribution is -0.197. The summed E-state index contributed by atoms with van der Waals surface area (Å²) in [4.78, 5) is 39.0. The van der Waals surface area contributed by atoms with Crippen molar-refractivity contribution in [1.29, 1.82) is 0 Å². The van der Waals surface area contributed by atoms with Crippen LogP contribution < -0.4 is 0 Å². The third-order valence-corrected chi connectivity index (χ3v) is 10.6. The lowest BCUT2D eigenvalue weighted by atomic mass is 9.33. The molecule has 2 bridgehead atoms. The Morgan fingerprint density at radius 3 is 2.52 bits per heavy atom. The Morgan fingerprint density at radius 2 is 1.87 bits per heavy atom. The molecule has 0 aromatic rings. The van der Waals surface area contributed by atoms with Crippen LogP contribution in [0.5, 0.6) is 0 Å². The minimum absolute atomic E-state index is 0.00923. The van der Waals surface area contributed by atoms with Crippen molar-refractivity contribution in [3.63, 3.8) is 0 Å². The van der Waals surface area contributed by atoms with Crippen LogP contribution in [0, 0.1) is 51.8 Å². The summed E-state index contributed by atoms with van der Waals surface area (Å²) in [7, 11) is 0. The largest absolute Gasteiger partial charge is 0.481 e. The molecule has 4 nitrogen and oxygen atoms in total. The van der Waals surface area contributed by atoms with Crippen LogP contribution in [0.3, 0.4) is 0 Å². The number of ketones is 2. The predicted octanol–water partition coefficient (Wildman–Crippen LogP) is 5.40. The van der Waals surface area contributed by atoms with Gasteiger partial charge in [-0.3, -0.25) is 14.4 Å². The van der Waals surface area contributed by atoms with Gasteiger partial charge in [0.1, 0.15) is 0 Å². The topological polar surface area (TPSA) is 71.4 Å². The van der Waals surface area contributed by atoms with E-state index in [1.165, 1.54) is 11.6 Å². The molecule has 0 amide bonds. The summed E-state index contributed by atoms with van der Waals surface area (Å²) in [6, 6.07) is 0. The summed E-state index contributed by atoms with van der Waals surface area (Å²) >= 11 is 6.30. The van der Waals surface area contributed by atoms with Gasteiger partial charge in [0.15, 0.2) is 11.6 Å². The molecule has 168 valence electrons. The standard InChI is InChI=1S/C26H33ClO4/c1-13(2)15-12-26-9-6-18-24(3,7-5-8-25(18,4)23(30)31)19(26)10-14(15)20-17(28)11-16(27)22(29)21(20)26/h11-14,18-21H,5-10H2,1-4H3,(H,30,31). The van der Waals surface area contributed by atoms with Gasteiger partial charge in [-0.25, -0.2) is 0 Å². The normalized spacial score (nSPS) is 48.5. The number of Topliss-reactive ketones (excluding diaryl/α,β-unsaturated/α-hetero) is 1. The first-order valence-electron chi connectivity index (χ1n) is 11.9. The van der Waals surface area contributed by atoms with Gasteiger partial charge in [0.25, 0.3) is 0 Å². The first-order chi connectivity index (χ1) is 14.5. The first kappa shape index (κ1) is 21.4. The van der Waals surface area contributed by atoms with E-state index in [9.17, 15) is 19.5 Å². The molecule has 0 saturated heterocycles. The number of allylic oxidation sites excluding steroid dienone is 4. The van der Waals surface area contributed by atoms with Crippen LogP contribution in [0.1, 0.15) is 66.2 Å². The highest BCUT2D eigenvalue weighted by Gasteiger charge is 2.71. The van der Waals surface area contributed by atoms with E-state index in [1.54, 1.807) is 0 Å². The Balaban J connectivity index is 1.69. The second-order valence-corrected chi connectivity index (χ2v) is 12.1. The second kappa shape index (κ2) is 6.56. The quantitative estimate of drug-likeness (QED) is 0.578. The number of carboxylic acid groups (broad SMARTS) is 1. The molecule has 3 fully saturated rings. The van der Waals surface area contributed by atoms with Crippen LogP contribution in [0.2, 0.25) is 0 Å². The molecule has 5 heteroatoms. The van der Waals surface area contributed by atoms with Crippen molar-refractivity contribution < 1.29 is 19.5 Å². The average molecular weight is 445 g/mol. The molecule has 6 aliphatic carbocycles. The van der Waals surface area contributed by atoms with Crippen LogP contribution in [-0.2, 0) is 14.4 Å². The minimum Gasteiger partial charge on any atom is -0.481 e. The molecule has 0 aromatic heterocycles. The Bertz CT molecular complexity index is 947. The third kappa shape index (κ3) is 2.52. The third-order valence-electron chi connectivity index (χ3n) is 10.3. The molecule has 8 unspecified atom stereocenters. The van der Waals surface area contributed by atoms with Gasteiger partial charge in [-0.05, 0) is 68.1 Å². The van der Waals surface area contributed by atoms with Crippen molar-refractivity contribution in [3.8, 4) is 0 Å². The van der Waals surface area contributed by atoms with Gasteiger partial charge in [-0.2, -0.15) is 0 Å². The maximum atomic E-state index is 13.4. The molecule has 0 aliphatic heterocycles. The molecule has 1 spiro atoms. The van der Waals surface area contributed by atoms with Crippen LogP contribution in [0.4, 0.5) is 0 Å². The summed E-state index contributed by atoms with van der Waals surface area (Å²) < 4.78 is 0. The molecule has 3 saturated carbocycles. The molecule has 0 aromatic carbocycles. The number of carboxylic acids is 1. The number of carbonyl (C=O) groups is 3. The number of halogens is 1. The molecule has 0 heterocycles. The van der Waals surface area contributed by atoms with Crippen molar-refractivity contribution >= 4 is 29.1 Å². The van der Waals surface area contributed by atoms with Crippen LogP contribution in [-0.4, -0.2) is 22.6 Å². The van der Waals surface area contributed by atoms with Crippen molar-refractivity contribution in [2.24, 2.45) is 51.8 Å². The molecular formula is C26H33ClO4. The first-order valence-corrected chi connectivity index (χ1v) is 12.3. The number of fused-ring (bicyclic) bond motifs is 1. The molecule has 31 heavy (non-hydrogen) atoms. The van der Waals surface area contributed by atoms with Gasteiger partial charge in [0.05, 0.1) is 10.4 Å². The smallest absolute Gasteiger partial charge is 0.309 e. The van der Waals surface area contributed by atoms with Gasteiger partial charge in [-0.1, -0.05) is 50.4 Å². The Morgan fingerprint density at radius 1 is 1.16 bits per heavy atom. The Labute approximate surface area is 189 Å². The zero-order valence-corrected chi connectivity index (χ0v) is 19.7. The summed E-state index contributed by atoms with van der Waals surface area (Å²) in [6.07, 6.45) is 8.80. The fourth-order valence-electron chi connectivity index (χ4n) is 9.07. The number of rotatable bonds is 2. The van der Waals surface area contributed by atoms with E-state index >= 15 is 0 Å². The molecule has 6 aliphatic rings. The summed E-state index contributed by atoms with van der Waals surface area (Å²) in [5.74, 6) is -0.748. The zero-order chi connectivity index (χ0) is 22.5. The monoisotopic (exact) mass is 444 g/mol. The predicted molar refractivity (Wildman–Crippen MR) is 118 cm³/mol. The van der Waals surface area contributed by atoms with Gasteiger partial charge in [-0.15, -0.1) is 0 Å². The van der Waals surface area contributed by atoms with Crippen LogP contribution >= 0.6 is 11.6 Å². The van der Waals surface area contributed by atoms with E-state index in [0.29, 0.717) is 5.92 Å². The van der Waals surface area contributed by atoms with Crippen LogP contribution in [0.25, 0.3) is 0 Å². The fourth-order valence-corrected chi connectivity index (χ4v) is 9.30. The molecular weight excluding hydrogens is 412 g/mol. The highest BCUT2D eigenvalue weighted by molar-refractivity contribution is 6.45. The minimum atomic E-state index is -0.723. The Kier molecular flexibility index (Phi) is 4.53. The van der Waals surface area contributed by atoms with Gasteiger partial charge >= 0.3 is 5.97 Å². The number of hydrogen-bond acceptors (Lipinski definition) is 3. The summed E-state index contributed by atoms with van der Waals surface area (Å²) in [6.45, 7) is 8.58. The summed E-state index contributed by atoms with van der Waals surface area (Å²) in [5.41, 5.74) is 0.0634. The maximum absolute atomic E-state index is 13.4.